The first-order valence-corrected chi connectivity index (χ1v) is 8.53. The zero-order chi connectivity index (χ0) is 19.6. The molecule has 0 radical (unpaired) electrons. The summed E-state index contributed by atoms with van der Waals surface area (Å²) in [5.41, 5.74) is 1.97. The number of methoxy groups -OCH3 is 1. The van der Waals surface area contributed by atoms with Gasteiger partial charge in [-0.25, -0.2) is 0 Å². The molecule has 2 aromatic rings. The predicted molar refractivity (Wildman–Crippen MR) is 103 cm³/mol. The lowest BCUT2D eigenvalue weighted by molar-refractivity contribution is -0.119. The van der Waals surface area contributed by atoms with Crippen LogP contribution in [0.3, 0.4) is 0 Å². The third-order valence-corrected chi connectivity index (χ3v) is 3.74. The van der Waals surface area contributed by atoms with Gasteiger partial charge in [0.25, 0.3) is 5.91 Å². The molecule has 0 aliphatic rings. The van der Waals surface area contributed by atoms with Crippen LogP contribution in [0.25, 0.3) is 0 Å². The minimum absolute atomic E-state index is 0.140. The quantitative estimate of drug-likeness (QED) is 0.618. The Morgan fingerprint density at radius 2 is 1.52 bits per heavy atom. The van der Waals surface area contributed by atoms with E-state index in [0.717, 1.165) is 11.3 Å². The summed E-state index contributed by atoms with van der Waals surface area (Å²) in [6.07, 6.45) is 0.245. The number of hydrogen-bond acceptors (Lipinski definition) is 4. The molecule has 0 saturated carbocycles. The lowest BCUT2D eigenvalue weighted by atomic mass is 10.1. The van der Waals surface area contributed by atoms with Gasteiger partial charge in [0.15, 0.2) is 0 Å². The number of ether oxygens (including phenoxy) is 1. The molecule has 0 atom stereocenters. The molecular formula is C20H23N3O4. The lowest BCUT2D eigenvalue weighted by Gasteiger charge is -2.08. The highest BCUT2D eigenvalue weighted by Gasteiger charge is 2.07. The van der Waals surface area contributed by atoms with Gasteiger partial charge in [-0.05, 0) is 42.0 Å². The van der Waals surface area contributed by atoms with E-state index in [2.05, 4.69) is 16.0 Å². The van der Waals surface area contributed by atoms with Crippen molar-refractivity contribution < 1.29 is 19.1 Å². The van der Waals surface area contributed by atoms with Gasteiger partial charge < -0.3 is 20.7 Å². The van der Waals surface area contributed by atoms with Crippen molar-refractivity contribution in [3.8, 4) is 5.75 Å². The van der Waals surface area contributed by atoms with E-state index in [0.29, 0.717) is 24.3 Å². The van der Waals surface area contributed by atoms with Crippen LogP contribution in [0.4, 0.5) is 5.69 Å². The summed E-state index contributed by atoms with van der Waals surface area (Å²) < 4.78 is 5.09. The molecule has 7 nitrogen and oxygen atoms in total. The van der Waals surface area contributed by atoms with Gasteiger partial charge in [0.1, 0.15) is 5.75 Å². The zero-order valence-corrected chi connectivity index (χ0v) is 15.4. The fourth-order valence-corrected chi connectivity index (χ4v) is 2.36. The number of hydrogen-bond donors (Lipinski definition) is 3. The second-order valence-electron chi connectivity index (χ2n) is 5.89. The summed E-state index contributed by atoms with van der Waals surface area (Å²) in [4.78, 5) is 34.9. The lowest BCUT2D eigenvalue weighted by Crippen LogP contribution is -2.33. The van der Waals surface area contributed by atoms with Crippen LogP contribution in [0.1, 0.15) is 22.8 Å². The molecule has 0 fully saturated rings. The summed E-state index contributed by atoms with van der Waals surface area (Å²) >= 11 is 0. The second-order valence-corrected chi connectivity index (χ2v) is 5.89. The van der Waals surface area contributed by atoms with Crippen molar-refractivity contribution in [2.45, 2.75) is 13.3 Å². The normalized spacial score (nSPS) is 10.0. The Hall–Kier alpha value is -3.35. The van der Waals surface area contributed by atoms with Crippen LogP contribution < -0.4 is 20.7 Å². The van der Waals surface area contributed by atoms with Crippen molar-refractivity contribution in [2.24, 2.45) is 0 Å². The van der Waals surface area contributed by atoms with E-state index in [1.54, 1.807) is 31.4 Å². The van der Waals surface area contributed by atoms with Crippen LogP contribution in [0.2, 0.25) is 0 Å². The Labute approximate surface area is 158 Å². The topological polar surface area (TPSA) is 96.5 Å². The maximum Gasteiger partial charge on any atom is 0.251 e. The monoisotopic (exact) mass is 369 g/mol. The molecule has 0 bridgehead atoms. The van der Waals surface area contributed by atoms with Crippen molar-refractivity contribution in [3.63, 3.8) is 0 Å². The van der Waals surface area contributed by atoms with Crippen molar-refractivity contribution in [2.75, 3.05) is 25.5 Å². The number of carbonyl (C=O) groups excluding carboxylic acids is 3. The molecule has 0 aromatic heterocycles. The standard InChI is InChI=1S/C20H23N3O4/c1-14(24)21-11-12-22-20(26)16-5-7-17(8-6-16)23-19(25)13-15-3-9-18(27-2)10-4-15/h3-10H,11-13H2,1-2H3,(H,21,24)(H,22,26)(H,23,25). The third-order valence-electron chi connectivity index (χ3n) is 3.74. The van der Waals surface area contributed by atoms with Crippen LogP contribution in [-0.2, 0) is 16.0 Å². The molecule has 0 aliphatic heterocycles. The smallest absolute Gasteiger partial charge is 0.251 e. The molecule has 0 unspecified atom stereocenters. The predicted octanol–water partition coefficient (Wildman–Crippen LogP) is 1.74. The first kappa shape index (κ1) is 20.0. The SMILES string of the molecule is COc1ccc(CC(=O)Nc2ccc(C(=O)NCCNC(C)=O)cc2)cc1. The third kappa shape index (κ3) is 6.81. The maximum absolute atomic E-state index is 12.1. The fourth-order valence-electron chi connectivity index (χ4n) is 2.36. The summed E-state index contributed by atoms with van der Waals surface area (Å²) in [6.45, 7) is 2.14. The van der Waals surface area contributed by atoms with Gasteiger partial charge in [0.2, 0.25) is 11.8 Å². The van der Waals surface area contributed by atoms with Gasteiger partial charge in [-0.15, -0.1) is 0 Å². The van der Waals surface area contributed by atoms with E-state index in [-0.39, 0.29) is 24.1 Å². The molecule has 142 valence electrons. The number of anilines is 1. The van der Waals surface area contributed by atoms with E-state index >= 15 is 0 Å². The van der Waals surface area contributed by atoms with Crippen molar-refractivity contribution >= 4 is 23.4 Å². The number of rotatable bonds is 8. The van der Waals surface area contributed by atoms with Crippen molar-refractivity contribution in [1.29, 1.82) is 0 Å². The maximum atomic E-state index is 12.1. The molecule has 27 heavy (non-hydrogen) atoms. The largest absolute Gasteiger partial charge is 0.497 e. The van der Waals surface area contributed by atoms with Crippen molar-refractivity contribution in [3.05, 3.63) is 59.7 Å². The van der Waals surface area contributed by atoms with Crippen LogP contribution in [-0.4, -0.2) is 37.9 Å². The number of nitrogens with one attached hydrogen (secondary N) is 3. The zero-order valence-electron chi connectivity index (χ0n) is 15.4. The van der Waals surface area contributed by atoms with Gasteiger partial charge in [0.05, 0.1) is 13.5 Å². The van der Waals surface area contributed by atoms with Crippen molar-refractivity contribution in [1.82, 2.24) is 10.6 Å². The molecule has 0 spiro atoms. The Bertz CT molecular complexity index is 786. The molecule has 2 rings (SSSR count). The number of amides is 3. The van der Waals surface area contributed by atoms with Gasteiger partial charge >= 0.3 is 0 Å². The summed E-state index contributed by atoms with van der Waals surface area (Å²) in [6, 6.07) is 13.9. The Morgan fingerprint density at radius 3 is 2.11 bits per heavy atom. The first-order valence-electron chi connectivity index (χ1n) is 8.53. The Morgan fingerprint density at radius 1 is 0.889 bits per heavy atom. The average molecular weight is 369 g/mol. The highest BCUT2D eigenvalue weighted by atomic mass is 16.5. The minimum atomic E-state index is -0.239. The van der Waals surface area contributed by atoms with E-state index in [1.165, 1.54) is 6.92 Å². The summed E-state index contributed by atoms with van der Waals surface area (Å²) in [5, 5.41) is 8.11. The fraction of sp³-hybridized carbons (Fsp3) is 0.250. The average Bonchev–Trinajstić information content (AvgIpc) is 2.66. The molecule has 0 aliphatic carbocycles. The van der Waals surface area contributed by atoms with Crippen LogP contribution in [0.15, 0.2) is 48.5 Å². The van der Waals surface area contributed by atoms with Gasteiger partial charge in [-0.3, -0.25) is 14.4 Å². The van der Waals surface area contributed by atoms with Gasteiger partial charge in [0, 0.05) is 31.3 Å². The molecule has 0 heterocycles. The summed E-state index contributed by atoms with van der Waals surface area (Å²) in [5.74, 6) is 0.216. The van der Waals surface area contributed by atoms with E-state index in [1.807, 2.05) is 24.3 Å². The highest BCUT2D eigenvalue weighted by Crippen LogP contribution is 2.13. The number of carbonyl (C=O) groups is 3. The second kappa shape index (κ2) is 9.96. The van der Waals surface area contributed by atoms with E-state index < -0.39 is 0 Å². The molecule has 7 heteroatoms. The van der Waals surface area contributed by atoms with Crippen LogP contribution in [0, 0.1) is 0 Å². The highest BCUT2D eigenvalue weighted by molar-refractivity contribution is 5.96. The Balaban J connectivity index is 1.82. The van der Waals surface area contributed by atoms with E-state index in [4.69, 9.17) is 4.74 Å². The van der Waals surface area contributed by atoms with Gasteiger partial charge in [-0.2, -0.15) is 0 Å². The van der Waals surface area contributed by atoms with Crippen LogP contribution in [0.5, 0.6) is 5.75 Å². The first-order chi connectivity index (χ1) is 13.0. The van der Waals surface area contributed by atoms with Crippen LogP contribution >= 0.6 is 0 Å². The number of benzene rings is 2. The summed E-state index contributed by atoms with van der Waals surface area (Å²) in [7, 11) is 1.59. The Kier molecular flexibility index (Phi) is 7.37. The molecule has 3 amide bonds. The minimum Gasteiger partial charge on any atom is -0.497 e. The molecule has 2 aromatic carbocycles. The van der Waals surface area contributed by atoms with Gasteiger partial charge in [-0.1, -0.05) is 12.1 Å². The van der Waals surface area contributed by atoms with E-state index in [9.17, 15) is 14.4 Å². The molecule has 3 N–H and O–H groups in total. The molecule has 0 saturated heterocycles. The molecular weight excluding hydrogens is 346 g/mol.